The van der Waals surface area contributed by atoms with Crippen LogP contribution >= 0.6 is 12.4 Å². The van der Waals surface area contributed by atoms with E-state index in [9.17, 15) is 0 Å². The molecule has 7 heavy (non-hydrogen) atoms. The van der Waals surface area contributed by atoms with Crippen molar-refractivity contribution in [2.24, 2.45) is 0 Å². The Labute approximate surface area is 52.1 Å². The van der Waals surface area contributed by atoms with Crippen LogP contribution in [0.2, 0.25) is 0 Å². The van der Waals surface area contributed by atoms with Crippen molar-refractivity contribution in [1.29, 1.82) is 0 Å². The Morgan fingerprint density at radius 2 is 1.29 bits per heavy atom. The van der Waals surface area contributed by atoms with E-state index in [2.05, 4.69) is 32.8 Å². The highest BCUT2D eigenvalue weighted by Gasteiger charge is 1.90. The monoisotopic (exact) mass is 123 g/mol. The first kappa shape index (κ1) is 10.3. The second kappa shape index (κ2) is 4.41. The summed E-state index contributed by atoms with van der Waals surface area (Å²) in [5, 5.41) is 0. The van der Waals surface area contributed by atoms with E-state index in [0.29, 0.717) is 6.04 Å². The molecule has 0 rings (SSSR count). The fourth-order valence-corrected chi connectivity index (χ4v) is 0. The molecular formula is C5H14ClN. The van der Waals surface area contributed by atoms with E-state index in [0.717, 1.165) is 0 Å². The number of hydrogen-bond donors (Lipinski definition) is 0. The molecule has 1 nitrogen and oxygen atoms in total. The van der Waals surface area contributed by atoms with Crippen LogP contribution in [-0.4, -0.2) is 25.0 Å². The van der Waals surface area contributed by atoms with Gasteiger partial charge in [0, 0.05) is 6.04 Å². The zero-order chi connectivity index (χ0) is 5.15. The maximum absolute atomic E-state index is 2.17. The van der Waals surface area contributed by atoms with Gasteiger partial charge in [0.05, 0.1) is 0 Å². The quantitative estimate of drug-likeness (QED) is 0.509. The van der Waals surface area contributed by atoms with Crippen LogP contribution in [0.4, 0.5) is 0 Å². The molecule has 0 bridgehead atoms. The second-order valence-electron chi connectivity index (χ2n) is 2.06. The lowest BCUT2D eigenvalue weighted by Crippen LogP contribution is -2.20. The summed E-state index contributed by atoms with van der Waals surface area (Å²) in [6.07, 6.45) is 0. The first-order valence-corrected chi connectivity index (χ1v) is 2.31. The van der Waals surface area contributed by atoms with Gasteiger partial charge in [0.2, 0.25) is 0 Å². The largest absolute Gasteiger partial charge is 0.307 e. The zero-order valence-corrected chi connectivity index (χ0v) is 6.25. The van der Waals surface area contributed by atoms with Crippen LogP contribution in [0.15, 0.2) is 0 Å². The van der Waals surface area contributed by atoms with E-state index < -0.39 is 0 Å². The molecule has 0 aromatic heterocycles. The van der Waals surface area contributed by atoms with Gasteiger partial charge in [-0.1, -0.05) is 0 Å². The lowest BCUT2D eigenvalue weighted by atomic mass is 10.4. The summed E-state index contributed by atoms with van der Waals surface area (Å²) in [5.74, 6) is 0. The van der Waals surface area contributed by atoms with Gasteiger partial charge in [0.15, 0.2) is 0 Å². The maximum Gasteiger partial charge on any atom is 0.00324 e. The molecule has 0 N–H and O–H groups in total. The highest BCUT2D eigenvalue weighted by atomic mass is 35.5. The first-order chi connectivity index (χ1) is 2.64. The Morgan fingerprint density at radius 1 is 1.14 bits per heavy atom. The normalized spacial score (nSPS) is 9.43. The summed E-state index contributed by atoms with van der Waals surface area (Å²) < 4.78 is 0. The van der Waals surface area contributed by atoms with Crippen LogP contribution in [0, 0.1) is 0 Å². The number of halogens is 1. The molecule has 0 aromatic carbocycles. The predicted octanol–water partition coefficient (Wildman–Crippen LogP) is 1.38. The summed E-state index contributed by atoms with van der Waals surface area (Å²) in [4.78, 5) is 2.17. The van der Waals surface area contributed by atoms with Crippen LogP contribution in [0.1, 0.15) is 13.8 Å². The molecular weight excluding hydrogens is 110 g/mol. The average molecular weight is 124 g/mol. The molecule has 0 unspecified atom stereocenters. The third-order valence-electron chi connectivity index (χ3n) is 1.03. The lowest BCUT2D eigenvalue weighted by Gasteiger charge is -2.12. The van der Waals surface area contributed by atoms with Gasteiger partial charge in [-0.05, 0) is 27.9 Å². The van der Waals surface area contributed by atoms with E-state index in [1.54, 1.807) is 0 Å². The highest BCUT2D eigenvalue weighted by Crippen LogP contribution is 1.84. The van der Waals surface area contributed by atoms with Gasteiger partial charge >= 0.3 is 0 Å². The maximum atomic E-state index is 2.17. The summed E-state index contributed by atoms with van der Waals surface area (Å²) in [7, 11) is 4.15. The molecule has 0 atom stereocenters. The number of hydrogen-bond acceptors (Lipinski definition) is 1. The van der Waals surface area contributed by atoms with E-state index in [4.69, 9.17) is 0 Å². The zero-order valence-electron chi connectivity index (χ0n) is 5.43. The Morgan fingerprint density at radius 3 is 1.29 bits per heavy atom. The highest BCUT2D eigenvalue weighted by molar-refractivity contribution is 5.85. The van der Waals surface area contributed by atoms with Crippen molar-refractivity contribution in [3.05, 3.63) is 0 Å². The Balaban J connectivity index is 0. The Bertz CT molecular complexity index is 29.1. The predicted molar refractivity (Wildman–Crippen MR) is 36.1 cm³/mol. The summed E-state index contributed by atoms with van der Waals surface area (Å²) in [6, 6.07) is 0.685. The molecule has 0 aliphatic heterocycles. The molecule has 46 valence electrons. The van der Waals surface area contributed by atoms with E-state index >= 15 is 0 Å². The van der Waals surface area contributed by atoms with Crippen molar-refractivity contribution in [3.8, 4) is 0 Å². The molecule has 0 saturated carbocycles. The van der Waals surface area contributed by atoms with Gasteiger partial charge < -0.3 is 4.90 Å². The van der Waals surface area contributed by atoms with Crippen LogP contribution in [0.3, 0.4) is 0 Å². The van der Waals surface area contributed by atoms with Gasteiger partial charge in [0.25, 0.3) is 0 Å². The lowest BCUT2D eigenvalue weighted by molar-refractivity contribution is 0.335. The molecule has 0 aromatic rings. The van der Waals surface area contributed by atoms with E-state index in [1.807, 2.05) is 0 Å². The molecule has 0 heterocycles. The van der Waals surface area contributed by atoms with Crippen LogP contribution in [0.25, 0.3) is 0 Å². The van der Waals surface area contributed by atoms with Gasteiger partial charge in [-0.15, -0.1) is 12.4 Å². The van der Waals surface area contributed by atoms with Crippen molar-refractivity contribution in [2.75, 3.05) is 14.1 Å². The summed E-state index contributed by atoms with van der Waals surface area (Å²) in [6.45, 7) is 4.33. The molecule has 0 amide bonds. The fourth-order valence-electron chi connectivity index (χ4n) is 0. The van der Waals surface area contributed by atoms with Crippen LogP contribution in [-0.2, 0) is 0 Å². The van der Waals surface area contributed by atoms with Gasteiger partial charge in [-0.3, -0.25) is 0 Å². The van der Waals surface area contributed by atoms with Crippen LogP contribution < -0.4 is 0 Å². The molecule has 0 aliphatic carbocycles. The Kier molecular flexibility index (Phi) is 6.47. The Hall–Kier alpha value is 0.250. The second-order valence-corrected chi connectivity index (χ2v) is 2.06. The molecule has 0 radical (unpaired) electrons. The van der Waals surface area contributed by atoms with Crippen molar-refractivity contribution >= 4 is 12.4 Å². The van der Waals surface area contributed by atoms with Gasteiger partial charge in [-0.2, -0.15) is 0 Å². The van der Waals surface area contributed by atoms with Crippen molar-refractivity contribution in [1.82, 2.24) is 4.90 Å². The minimum Gasteiger partial charge on any atom is -0.307 e. The van der Waals surface area contributed by atoms with Crippen molar-refractivity contribution in [2.45, 2.75) is 19.9 Å². The minimum absolute atomic E-state index is 0. The van der Waals surface area contributed by atoms with Gasteiger partial charge in [0.1, 0.15) is 0 Å². The molecule has 0 aliphatic rings. The molecule has 0 spiro atoms. The van der Waals surface area contributed by atoms with Crippen LogP contribution in [0.5, 0.6) is 0 Å². The third-order valence-corrected chi connectivity index (χ3v) is 1.03. The summed E-state index contributed by atoms with van der Waals surface area (Å²) in [5.41, 5.74) is 0. The molecule has 2 heteroatoms. The molecule has 0 saturated heterocycles. The van der Waals surface area contributed by atoms with E-state index in [1.165, 1.54) is 0 Å². The number of rotatable bonds is 1. The van der Waals surface area contributed by atoms with Gasteiger partial charge in [-0.25, -0.2) is 0 Å². The van der Waals surface area contributed by atoms with Crippen molar-refractivity contribution in [3.63, 3.8) is 0 Å². The fraction of sp³-hybridized carbons (Fsp3) is 1.00. The van der Waals surface area contributed by atoms with E-state index in [-0.39, 0.29) is 12.4 Å². The third kappa shape index (κ3) is 6.25. The topological polar surface area (TPSA) is 3.24 Å². The number of nitrogens with zero attached hydrogens (tertiary/aromatic N) is 1. The minimum atomic E-state index is 0. The molecule has 0 fully saturated rings. The van der Waals surface area contributed by atoms with Crippen molar-refractivity contribution < 1.29 is 0 Å². The first-order valence-electron chi connectivity index (χ1n) is 2.31. The SMILES string of the molecule is CC(C)N(C)C.Cl. The smallest absolute Gasteiger partial charge is 0.00324 e. The standard InChI is InChI=1S/C5H13N.ClH/c1-5(2)6(3)4;/h5H,1-4H3;1H. The average Bonchev–Trinajstić information content (AvgIpc) is 1.36. The summed E-state index contributed by atoms with van der Waals surface area (Å²) >= 11 is 0.